The Morgan fingerprint density at radius 2 is 2.09 bits per heavy atom. The Kier molecular flexibility index (Phi) is 4.47. The zero-order valence-corrected chi connectivity index (χ0v) is 13.4. The average molecular weight is 329 g/mol. The minimum absolute atomic E-state index is 0.0900. The van der Waals surface area contributed by atoms with E-state index in [1.54, 1.807) is 0 Å². The number of aromatic nitrogens is 3. The van der Waals surface area contributed by atoms with Crippen LogP contribution in [0.5, 0.6) is 0 Å². The SMILES string of the molecule is CCCn1nc(C(=O)OCc2nc3ccccc3s2)ccc1=O. The number of hydrogen-bond donors (Lipinski definition) is 0. The topological polar surface area (TPSA) is 74.1 Å². The molecule has 3 aromatic rings. The molecule has 7 heteroatoms. The van der Waals surface area contributed by atoms with Crippen molar-refractivity contribution in [2.45, 2.75) is 26.5 Å². The molecule has 0 aliphatic carbocycles. The lowest BCUT2D eigenvalue weighted by Gasteiger charge is -2.05. The summed E-state index contributed by atoms with van der Waals surface area (Å²) in [5, 5.41) is 4.75. The van der Waals surface area contributed by atoms with Gasteiger partial charge in [-0.15, -0.1) is 11.3 Å². The Bertz CT molecular complexity index is 868. The molecule has 23 heavy (non-hydrogen) atoms. The highest BCUT2D eigenvalue weighted by atomic mass is 32.1. The van der Waals surface area contributed by atoms with Crippen molar-refractivity contribution in [2.24, 2.45) is 0 Å². The number of carbonyl (C=O) groups excluding carboxylic acids is 1. The first-order valence-electron chi connectivity index (χ1n) is 7.27. The van der Waals surface area contributed by atoms with Gasteiger partial charge in [-0.3, -0.25) is 4.79 Å². The van der Waals surface area contributed by atoms with E-state index in [1.165, 1.54) is 28.2 Å². The number of benzene rings is 1. The van der Waals surface area contributed by atoms with Crippen LogP contribution in [0.15, 0.2) is 41.2 Å². The van der Waals surface area contributed by atoms with E-state index in [0.29, 0.717) is 6.54 Å². The summed E-state index contributed by atoms with van der Waals surface area (Å²) in [7, 11) is 0. The van der Waals surface area contributed by atoms with Crippen LogP contribution >= 0.6 is 11.3 Å². The van der Waals surface area contributed by atoms with Crippen molar-refractivity contribution < 1.29 is 9.53 Å². The first-order chi connectivity index (χ1) is 11.2. The number of esters is 1. The molecular weight excluding hydrogens is 314 g/mol. The van der Waals surface area contributed by atoms with Crippen LogP contribution in [0, 0.1) is 0 Å². The number of hydrogen-bond acceptors (Lipinski definition) is 6. The molecule has 2 aromatic heterocycles. The molecule has 118 valence electrons. The molecule has 0 fully saturated rings. The molecule has 0 amide bonds. The normalized spacial score (nSPS) is 10.8. The molecule has 0 unspecified atom stereocenters. The molecule has 0 N–H and O–H groups in total. The van der Waals surface area contributed by atoms with Gasteiger partial charge in [0, 0.05) is 12.6 Å². The average Bonchev–Trinajstić information content (AvgIpc) is 2.98. The van der Waals surface area contributed by atoms with Crippen LogP contribution in [0.2, 0.25) is 0 Å². The molecule has 0 aliphatic rings. The second-order valence-corrected chi connectivity index (χ2v) is 6.05. The zero-order chi connectivity index (χ0) is 16.2. The van der Waals surface area contributed by atoms with Crippen molar-refractivity contribution in [1.82, 2.24) is 14.8 Å². The lowest BCUT2D eigenvalue weighted by Crippen LogP contribution is -2.24. The second-order valence-electron chi connectivity index (χ2n) is 4.93. The number of nitrogens with zero attached hydrogens (tertiary/aromatic N) is 3. The largest absolute Gasteiger partial charge is 0.454 e. The Balaban J connectivity index is 1.71. The van der Waals surface area contributed by atoms with E-state index in [-0.39, 0.29) is 17.9 Å². The predicted octanol–water partition coefficient (Wildman–Crippen LogP) is 2.62. The Morgan fingerprint density at radius 3 is 2.87 bits per heavy atom. The van der Waals surface area contributed by atoms with E-state index in [0.717, 1.165) is 21.6 Å². The van der Waals surface area contributed by atoms with Crippen LogP contribution in [0.4, 0.5) is 0 Å². The van der Waals surface area contributed by atoms with Crippen LogP contribution in [0.1, 0.15) is 28.8 Å². The summed E-state index contributed by atoms with van der Waals surface area (Å²) in [4.78, 5) is 28.1. The molecule has 1 aromatic carbocycles. The molecular formula is C16H15N3O3S. The summed E-state index contributed by atoms with van der Waals surface area (Å²) in [5.74, 6) is -0.561. The van der Waals surface area contributed by atoms with Gasteiger partial charge in [0.05, 0.1) is 10.2 Å². The van der Waals surface area contributed by atoms with Gasteiger partial charge in [-0.05, 0) is 24.6 Å². The third-order valence-corrected chi connectivity index (χ3v) is 4.19. The zero-order valence-electron chi connectivity index (χ0n) is 12.6. The van der Waals surface area contributed by atoms with E-state index < -0.39 is 5.97 Å². The van der Waals surface area contributed by atoms with Crippen molar-refractivity contribution in [2.75, 3.05) is 0 Å². The predicted molar refractivity (Wildman–Crippen MR) is 87.5 cm³/mol. The molecule has 3 rings (SSSR count). The van der Waals surface area contributed by atoms with Gasteiger partial charge in [0.2, 0.25) is 0 Å². The molecule has 0 radical (unpaired) electrons. The van der Waals surface area contributed by atoms with Gasteiger partial charge in [-0.25, -0.2) is 14.5 Å². The van der Waals surface area contributed by atoms with Gasteiger partial charge in [0.15, 0.2) is 5.69 Å². The number of thiazole rings is 1. The highest BCUT2D eigenvalue weighted by Gasteiger charge is 2.12. The third-order valence-electron chi connectivity index (χ3n) is 3.18. The standard InChI is InChI=1S/C16H15N3O3S/c1-2-9-19-15(20)8-7-12(18-19)16(21)22-10-14-17-11-5-3-4-6-13(11)23-14/h3-8H,2,9-10H2,1H3. The van der Waals surface area contributed by atoms with Crippen molar-refractivity contribution in [3.8, 4) is 0 Å². The minimum Gasteiger partial charge on any atom is -0.454 e. The fraction of sp³-hybridized carbons (Fsp3) is 0.250. The Morgan fingerprint density at radius 1 is 1.26 bits per heavy atom. The first kappa shape index (κ1) is 15.4. The number of para-hydroxylation sites is 1. The fourth-order valence-corrected chi connectivity index (χ4v) is 2.99. The molecule has 0 bridgehead atoms. The molecule has 0 saturated heterocycles. The van der Waals surface area contributed by atoms with Crippen LogP contribution < -0.4 is 5.56 Å². The van der Waals surface area contributed by atoms with E-state index in [4.69, 9.17) is 4.74 Å². The highest BCUT2D eigenvalue weighted by molar-refractivity contribution is 7.18. The summed E-state index contributed by atoms with van der Waals surface area (Å²) < 4.78 is 7.57. The lowest BCUT2D eigenvalue weighted by atomic mass is 10.3. The monoisotopic (exact) mass is 329 g/mol. The first-order valence-corrected chi connectivity index (χ1v) is 8.09. The summed E-state index contributed by atoms with van der Waals surface area (Å²) in [6, 6.07) is 10.5. The van der Waals surface area contributed by atoms with E-state index in [9.17, 15) is 9.59 Å². The smallest absolute Gasteiger partial charge is 0.359 e. The maximum Gasteiger partial charge on any atom is 0.359 e. The van der Waals surface area contributed by atoms with Gasteiger partial charge in [0.1, 0.15) is 11.6 Å². The Labute approximate surface area is 136 Å². The van der Waals surface area contributed by atoms with Crippen molar-refractivity contribution >= 4 is 27.5 Å². The minimum atomic E-state index is -0.561. The summed E-state index contributed by atoms with van der Waals surface area (Å²) in [6.07, 6.45) is 0.761. The maximum absolute atomic E-state index is 12.1. The van der Waals surface area contributed by atoms with Crippen LogP contribution in [-0.4, -0.2) is 20.7 Å². The van der Waals surface area contributed by atoms with Gasteiger partial charge < -0.3 is 4.74 Å². The summed E-state index contributed by atoms with van der Waals surface area (Å²) >= 11 is 1.48. The van der Waals surface area contributed by atoms with Gasteiger partial charge in [0.25, 0.3) is 5.56 Å². The van der Waals surface area contributed by atoms with Crippen molar-refractivity contribution in [3.63, 3.8) is 0 Å². The van der Waals surface area contributed by atoms with E-state index in [2.05, 4.69) is 10.1 Å². The number of aryl methyl sites for hydroxylation is 1. The molecule has 2 heterocycles. The number of fused-ring (bicyclic) bond motifs is 1. The molecule has 6 nitrogen and oxygen atoms in total. The summed E-state index contributed by atoms with van der Waals surface area (Å²) in [6.45, 7) is 2.50. The third kappa shape index (κ3) is 3.45. The van der Waals surface area contributed by atoms with Gasteiger partial charge in [-0.2, -0.15) is 5.10 Å². The molecule has 0 spiro atoms. The van der Waals surface area contributed by atoms with Gasteiger partial charge in [-0.1, -0.05) is 19.1 Å². The lowest BCUT2D eigenvalue weighted by molar-refractivity contribution is 0.0462. The quantitative estimate of drug-likeness (QED) is 0.673. The number of carbonyl (C=O) groups is 1. The van der Waals surface area contributed by atoms with E-state index in [1.807, 2.05) is 31.2 Å². The van der Waals surface area contributed by atoms with E-state index >= 15 is 0 Å². The van der Waals surface area contributed by atoms with Crippen LogP contribution in [0.3, 0.4) is 0 Å². The molecule has 0 aliphatic heterocycles. The Hall–Kier alpha value is -2.54. The van der Waals surface area contributed by atoms with Crippen molar-refractivity contribution in [3.05, 3.63) is 57.5 Å². The second kappa shape index (κ2) is 6.70. The molecule has 0 saturated carbocycles. The number of ether oxygens (including phenoxy) is 1. The van der Waals surface area contributed by atoms with Crippen molar-refractivity contribution in [1.29, 1.82) is 0 Å². The molecule has 0 atom stereocenters. The maximum atomic E-state index is 12.1. The van der Waals surface area contributed by atoms with Crippen LogP contribution in [-0.2, 0) is 17.9 Å². The fourth-order valence-electron chi connectivity index (χ4n) is 2.11. The summed E-state index contributed by atoms with van der Waals surface area (Å²) in [5.41, 5.74) is 0.784. The highest BCUT2D eigenvalue weighted by Crippen LogP contribution is 2.22. The van der Waals surface area contributed by atoms with Gasteiger partial charge >= 0.3 is 5.97 Å². The number of rotatable bonds is 5. The van der Waals surface area contributed by atoms with Crippen LogP contribution in [0.25, 0.3) is 10.2 Å².